The highest BCUT2D eigenvalue weighted by atomic mass is 16.6. The van der Waals surface area contributed by atoms with Crippen LogP contribution in [0.1, 0.15) is 45.4 Å². The van der Waals surface area contributed by atoms with Crippen molar-refractivity contribution in [3.63, 3.8) is 0 Å². The van der Waals surface area contributed by atoms with E-state index in [2.05, 4.69) is 4.74 Å². The molecule has 0 saturated heterocycles. The van der Waals surface area contributed by atoms with Crippen LogP contribution in [0.15, 0.2) is 0 Å². The summed E-state index contributed by atoms with van der Waals surface area (Å²) >= 11 is 0. The van der Waals surface area contributed by atoms with Gasteiger partial charge in [-0.05, 0) is 19.3 Å². The van der Waals surface area contributed by atoms with Crippen LogP contribution in [0.3, 0.4) is 0 Å². The standard InChI is InChI=1S/C12H22N2O3/c1-8(13)11(15)17-12(16)10(14)7-9-5-3-2-4-6-9/h8-10H,2-7,13-14H2,1H3/t8-,10-/m0/s1. The molecule has 0 heterocycles. The zero-order valence-electron chi connectivity index (χ0n) is 10.4. The molecule has 5 nitrogen and oxygen atoms in total. The van der Waals surface area contributed by atoms with Crippen molar-refractivity contribution in [3.8, 4) is 0 Å². The lowest BCUT2D eigenvalue weighted by Gasteiger charge is -2.23. The number of hydrogen-bond acceptors (Lipinski definition) is 5. The third-order valence-corrected chi connectivity index (χ3v) is 3.19. The first-order valence-corrected chi connectivity index (χ1v) is 6.27. The van der Waals surface area contributed by atoms with E-state index in [4.69, 9.17) is 11.5 Å². The lowest BCUT2D eigenvalue weighted by Crippen LogP contribution is -2.39. The molecule has 0 radical (unpaired) electrons. The quantitative estimate of drug-likeness (QED) is 0.559. The van der Waals surface area contributed by atoms with Gasteiger partial charge >= 0.3 is 11.9 Å². The Morgan fingerprint density at radius 3 is 2.29 bits per heavy atom. The normalized spacial score (nSPS) is 20.6. The van der Waals surface area contributed by atoms with E-state index >= 15 is 0 Å². The predicted octanol–water partition coefficient (Wildman–Crippen LogP) is 0.701. The van der Waals surface area contributed by atoms with Crippen LogP contribution in [0, 0.1) is 5.92 Å². The number of rotatable bonds is 4. The third-order valence-electron chi connectivity index (χ3n) is 3.19. The van der Waals surface area contributed by atoms with Crippen LogP contribution < -0.4 is 11.5 Å². The largest absolute Gasteiger partial charge is 0.391 e. The van der Waals surface area contributed by atoms with E-state index in [0.29, 0.717) is 12.3 Å². The van der Waals surface area contributed by atoms with E-state index < -0.39 is 24.0 Å². The van der Waals surface area contributed by atoms with Gasteiger partial charge in [0.1, 0.15) is 12.1 Å². The highest BCUT2D eigenvalue weighted by Gasteiger charge is 2.24. The minimum Gasteiger partial charge on any atom is -0.391 e. The van der Waals surface area contributed by atoms with Crippen molar-refractivity contribution < 1.29 is 14.3 Å². The van der Waals surface area contributed by atoms with Crippen LogP contribution in [0.2, 0.25) is 0 Å². The van der Waals surface area contributed by atoms with Crippen molar-refractivity contribution in [3.05, 3.63) is 0 Å². The Balaban J connectivity index is 2.33. The highest BCUT2D eigenvalue weighted by molar-refractivity contribution is 5.90. The van der Waals surface area contributed by atoms with Crippen molar-refractivity contribution in [1.82, 2.24) is 0 Å². The summed E-state index contributed by atoms with van der Waals surface area (Å²) in [6, 6.07) is -1.50. The molecule has 98 valence electrons. The molecule has 1 rings (SSSR count). The Hall–Kier alpha value is -0.940. The van der Waals surface area contributed by atoms with Crippen LogP contribution in [-0.4, -0.2) is 24.0 Å². The summed E-state index contributed by atoms with van der Waals surface area (Å²) in [6.07, 6.45) is 6.49. The van der Waals surface area contributed by atoms with Crippen molar-refractivity contribution in [2.75, 3.05) is 0 Å². The average Bonchev–Trinajstić information content (AvgIpc) is 2.29. The van der Waals surface area contributed by atoms with E-state index in [-0.39, 0.29) is 0 Å². The summed E-state index contributed by atoms with van der Waals surface area (Å²) < 4.78 is 4.59. The van der Waals surface area contributed by atoms with Gasteiger partial charge in [0.15, 0.2) is 0 Å². The second-order valence-corrected chi connectivity index (χ2v) is 4.88. The van der Waals surface area contributed by atoms with Gasteiger partial charge in [-0.1, -0.05) is 32.1 Å². The van der Waals surface area contributed by atoms with Gasteiger partial charge in [-0.3, -0.25) is 0 Å². The van der Waals surface area contributed by atoms with Gasteiger partial charge in [-0.25, -0.2) is 9.59 Å². The van der Waals surface area contributed by atoms with Gasteiger partial charge in [0.05, 0.1) is 0 Å². The van der Waals surface area contributed by atoms with Crippen LogP contribution in [-0.2, 0) is 14.3 Å². The molecule has 1 aliphatic rings. The minimum absolute atomic E-state index is 0.483. The maximum absolute atomic E-state index is 11.5. The molecule has 0 bridgehead atoms. The monoisotopic (exact) mass is 242 g/mol. The molecular formula is C12H22N2O3. The topological polar surface area (TPSA) is 95.4 Å². The van der Waals surface area contributed by atoms with Crippen LogP contribution in [0.25, 0.3) is 0 Å². The Morgan fingerprint density at radius 2 is 1.76 bits per heavy atom. The lowest BCUT2D eigenvalue weighted by molar-refractivity contribution is -0.161. The van der Waals surface area contributed by atoms with E-state index in [1.807, 2.05) is 0 Å². The molecule has 2 atom stereocenters. The summed E-state index contributed by atoms with van der Waals surface area (Å²) in [6.45, 7) is 1.47. The molecule has 0 aromatic rings. The lowest BCUT2D eigenvalue weighted by atomic mass is 9.85. The Labute approximate surface area is 102 Å². The van der Waals surface area contributed by atoms with E-state index in [1.54, 1.807) is 0 Å². The Morgan fingerprint density at radius 1 is 1.18 bits per heavy atom. The van der Waals surface area contributed by atoms with Gasteiger partial charge in [0.25, 0.3) is 0 Å². The van der Waals surface area contributed by atoms with Crippen LogP contribution in [0.4, 0.5) is 0 Å². The number of carbonyl (C=O) groups is 2. The van der Waals surface area contributed by atoms with Gasteiger partial charge in [0.2, 0.25) is 0 Å². The zero-order chi connectivity index (χ0) is 12.8. The summed E-state index contributed by atoms with van der Waals surface area (Å²) in [4.78, 5) is 22.6. The molecule has 17 heavy (non-hydrogen) atoms. The van der Waals surface area contributed by atoms with Crippen molar-refractivity contribution in [1.29, 1.82) is 0 Å². The van der Waals surface area contributed by atoms with Gasteiger partial charge in [-0.2, -0.15) is 0 Å². The number of esters is 2. The maximum atomic E-state index is 11.5. The molecule has 0 aromatic heterocycles. The molecule has 0 aromatic carbocycles. The van der Waals surface area contributed by atoms with E-state index in [0.717, 1.165) is 12.8 Å². The maximum Gasteiger partial charge on any atom is 0.330 e. The Kier molecular flexibility index (Phi) is 5.58. The third kappa shape index (κ3) is 4.83. The van der Waals surface area contributed by atoms with Gasteiger partial charge in [-0.15, -0.1) is 0 Å². The molecular weight excluding hydrogens is 220 g/mol. The van der Waals surface area contributed by atoms with E-state index in [1.165, 1.54) is 26.2 Å². The molecule has 1 aliphatic carbocycles. The molecule has 0 unspecified atom stereocenters. The SMILES string of the molecule is C[C@H](N)C(=O)OC(=O)[C@@H](N)CC1CCCCC1. The minimum atomic E-state index is -0.791. The van der Waals surface area contributed by atoms with Crippen LogP contribution in [0.5, 0.6) is 0 Å². The zero-order valence-corrected chi connectivity index (χ0v) is 10.4. The molecule has 4 N–H and O–H groups in total. The second-order valence-electron chi connectivity index (χ2n) is 4.88. The fraction of sp³-hybridized carbons (Fsp3) is 0.833. The smallest absolute Gasteiger partial charge is 0.330 e. The fourth-order valence-corrected chi connectivity index (χ4v) is 2.15. The molecule has 0 aliphatic heterocycles. The van der Waals surface area contributed by atoms with Crippen molar-refractivity contribution in [2.45, 2.75) is 57.5 Å². The van der Waals surface area contributed by atoms with Gasteiger partial charge < -0.3 is 16.2 Å². The molecule has 1 saturated carbocycles. The van der Waals surface area contributed by atoms with Crippen LogP contribution >= 0.6 is 0 Å². The first kappa shape index (κ1) is 14.1. The summed E-state index contributed by atoms with van der Waals surface area (Å²) in [5.41, 5.74) is 11.0. The fourth-order valence-electron chi connectivity index (χ4n) is 2.15. The summed E-state index contributed by atoms with van der Waals surface area (Å²) in [5, 5.41) is 0. The Bertz CT molecular complexity index is 273. The highest BCUT2D eigenvalue weighted by Crippen LogP contribution is 2.27. The van der Waals surface area contributed by atoms with Gasteiger partial charge in [0, 0.05) is 0 Å². The molecule has 0 spiro atoms. The number of carbonyl (C=O) groups excluding carboxylic acids is 2. The van der Waals surface area contributed by atoms with Crippen molar-refractivity contribution >= 4 is 11.9 Å². The summed E-state index contributed by atoms with van der Waals surface area (Å²) in [7, 11) is 0. The summed E-state index contributed by atoms with van der Waals surface area (Å²) in [5.74, 6) is -0.885. The van der Waals surface area contributed by atoms with Crippen molar-refractivity contribution in [2.24, 2.45) is 17.4 Å². The molecule has 1 fully saturated rings. The molecule has 5 heteroatoms. The first-order chi connectivity index (χ1) is 8.00. The number of hydrogen-bond donors (Lipinski definition) is 2. The second kappa shape index (κ2) is 6.71. The predicted molar refractivity (Wildman–Crippen MR) is 63.9 cm³/mol. The number of ether oxygens (including phenoxy) is 1. The molecule has 0 amide bonds. The van der Waals surface area contributed by atoms with E-state index in [9.17, 15) is 9.59 Å². The number of nitrogens with two attached hydrogens (primary N) is 2. The first-order valence-electron chi connectivity index (χ1n) is 6.27. The average molecular weight is 242 g/mol.